The van der Waals surface area contributed by atoms with Gasteiger partial charge in [-0.3, -0.25) is 9.59 Å². The number of nitrogens with one attached hydrogen (secondary N) is 2. The summed E-state index contributed by atoms with van der Waals surface area (Å²) in [7, 11) is 1.30. The second-order valence-corrected chi connectivity index (χ2v) is 13.2. The highest BCUT2D eigenvalue weighted by Crippen LogP contribution is 2.39. The molecule has 3 amide bonds. The minimum absolute atomic E-state index is 0.0252. The van der Waals surface area contributed by atoms with Gasteiger partial charge >= 0.3 is 6.09 Å². The molecular weight excluding hydrogens is 558 g/mol. The lowest BCUT2D eigenvalue weighted by Crippen LogP contribution is -2.51. The number of hydrogen-bond donors (Lipinski definition) is 4. The number of methoxy groups -OCH3 is 1. The van der Waals surface area contributed by atoms with Crippen molar-refractivity contribution in [2.24, 2.45) is 22.5 Å². The van der Waals surface area contributed by atoms with E-state index in [0.717, 1.165) is 11.3 Å². The van der Waals surface area contributed by atoms with Crippen LogP contribution in [0, 0.1) is 26.9 Å². The lowest BCUT2D eigenvalue weighted by molar-refractivity contribution is -0.769. The predicted molar refractivity (Wildman–Crippen MR) is 159 cm³/mol. The van der Waals surface area contributed by atoms with Gasteiger partial charge in [0.1, 0.15) is 6.10 Å². The van der Waals surface area contributed by atoms with Gasteiger partial charge in [0.05, 0.1) is 19.3 Å². The van der Waals surface area contributed by atoms with E-state index < -0.39 is 40.3 Å². The summed E-state index contributed by atoms with van der Waals surface area (Å²) in [6, 6.07) is 6.60. The Hall–Kier alpha value is -3.45. The molecule has 3 unspecified atom stereocenters. The number of rotatable bonds is 12. The number of nitrogens with two attached hydrogens (primary N) is 1. The Morgan fingerprint density at radius 2 is 1.81 bits per heavy atom. The van der Waals surface area contributed by atoms with Crippen molar-refractivity contribution in [2.75, 3.05) is 25.1 Å². The molecule has 1 heterocycles. The molecule has 1 saturated carbocycles. The molecule has 1 aromatic rings. The van der Waals surface area contributed by atoms with Crippen LogP contribution in [0.1, 0.15) is 71.8 Å². The van der Waals surface area contributed by atoms with E-state index in [1.807, 2.05) is 52.0 Å². The molecule has 5 N–H and O–H groups in total. The van der Waals surface area contributed by atoms with E-state index in [9.17, 15) is 29.6 Å². The fourth-order valence-electron chi connectivity index (χ4n) is 6.28. The largest absolute Gasteiger partial charge is 0.453 e. The number of nitrogens with zero attached hydrogens (tertiary/aromatic N) is 2. The molecular formula is C30H47N5O8. The maximum absolute atomic E-state index is 13.6. The Bertz CT molecular complexity index is 1150. The Morgan fingerprint density at radius 1 is 1.16 bits per heavy atom. The monoisotopic (exact) mass is 605 g/mol. The minimum Gasteiger partial charge on any atom is -0.453 e. The van der Waals surface area contributed by atoms with Crippen LogP contribution in [0.4, 0.5) is 10.5 Å². The fraction of sp³-hybridized carbons (Fsp3) is 0.700. The molecule has 3 rings (SSSR count). The number of amides is 3. The van der Waals surface area contributed by atoms with Gasteiger partial charge in [-0.1, -0.05) is 45.9 Å². The number of ether oxygens (including phenoxy) is 1. The molecule has 1 fully saturated rings. The van der Waals surface area contributed by atoms with Crippen molar-refractivity contribution in [3.63, 3.8) is 0 Å². The summed E-state index contributed by atoms with van der Waals surface area (Å²) in [6.45, 7) is 7.78. The van der Waals surface area contributed by atoms with Gasteiger partial charge in [0.25, 0.3) is 5.09 Å². The van der Waals surface area contributed by atoms with E-state index in [0.29, 0.717) is 45.1 Å². The van der Waals surface area contributed by atoms with Gasteiger partial charge in [-0.25, -0.2) is 4.79 Å². The zero-order valence-electron chi connectivity index (χ0n) is 25.8. The molecule has 13 heteroatoms. The number of alkyl carbamates (subject to hydrolysis) is 1. The lowest BCUT2D eigenvalue weighted by Gasteiger charge is -2.38. The molecule has 0 saturated heterocycles. The molecule has 1 aliphatic heterocycles. The van der Waals surface area contributed by atoms with Crippen LogP contribution < -0.4 is 21.3 Å². The van der Waals surface area contributed by atoms with Gasteiger partial charge in [0.2, 0.25) is 11.8 Å². The number of carbonyl (C=O) groups excluding carboxylic acids is 3. The highest BCUT2D eigenvalue weighted by molar-refractivity contribution is 5.95. The standard InChI is InChI=1S/C30H47N5O8/c1-29(2,16-26(37)34-18-21(33-28(39)42-5)14-19-8-6-7-9-24(19)34)15-23(31)25(36)17-32-27(38)30(3,4)20-10-12-22(13-11-20)43-35(40)41/h6-9,20-23,25,36H,10-18,31H2,1-5H3,(H,32,38)(H,33,39). The summed E-state index contributed by atoms with van der Waals surface area (Å²) in [4.78, 5) is 55.5. The van der Waals surface area contributed by atoms with Gasteiger partial charge in [-0.2, -0.15) is 0 Å². The number of aliphatic hydroxyl groups is 1. The van der Waals surface area contributed by atoms with Crippen molar-refractivity contribution in [1.29, 1.82) is 0 Å². The zero-order chi connectivity index (χ0) is 31.9. The molecule has 0 spiro atoms. The molecule has 0 aromatic heterocycles. The third-order valence-corrected chi connectivity index (χ3v) is 8.86. The topological polar surface area (TPSA) is 186 Å². The van der Waals surface area contributed by atoms with Crippen LogP contribution in [0.3, 0.4) is 0 Å². The van der Waals surface area contributed by atoms with E-state index in [1.54, 1.807) is 4.90 Å². The highest BCUT2D eigenvalue weighted by Gasteiger charge is 2.40. The van der Waals surface area contributed by atoms with Crippen molar-refractivity contribution >= 4 is 23.6 Å². The van der Waals surface area contributed by atoms with Crippen LogP contribution in [0.2, 0.25) is 0 Å². The molecule has 1 aliphatic carbocycles. The van der Waals surface area contributed by atoms with Crippen LogP contribution in [0.5, 0.6) is 0 Å². The maximum atomic E-state index is 13.6. The molecule has 43 heavy (non-hydrogen) atoms. The first-order chi connectivity index (χ1) is 20.1. The normalized spacial score (nSPS) is 22.0. The number of fused-ring (bicyclic) bond motifs is 1. The maximum Gasteiger partial charge on any atom is 0.407 e. The van der Waals surface area contributed by atoms with E-state index in [-0.39, 0.29) is 36.7 Å². The average molecular weight is 606 g/mol. The van der Waals surface area contributed by atoms with Crippen LogP contribution >= 0.6 is 0 Å². The number of anilines is 1. The van der Waals surface area contributed by atoms with E-state index in [1.165, 1.54) is 7.11 Å². The Morgan fingerprint density at radius 3 is 2.44 bits per heavy atom. The summed E-state index contributed by atoms with van der Waals surface area (Å²) in [5.41, 5.74) is 6.81. The lowest BCUT2D eigenvalue weighted by atomic mass is 9.70. The number of carbonyl (C=O) groups is 3. The molecule has 13 nitrogen and oxygen atoms in total. The summed E-state index contributed by atoms with van der Waals surface area (Å²) in [6.07, 6.45) is 1.33. The van der Waals surface area contributed by atoms with Gasteiger partial charge in [-0.15, -0.1) is 10.1 Å². The molecule has 2 aliphatic rings. The smallest absolute Gasteiger partial charge is 0.407 e. The Kier molecular flexibility index (Phi) is 11.4. The van der Waals surface area contributed by atoms with Crippen LogP contribution in [-0.2, 0) is 25.6 Å². The summed E-state index contributed by atoms with van der Waals surface area (Å²) in [5, 5.41) is 26.3. The molecule has 3 atom stereocenters. The van der Waals surface area contributed by atoms with Gasteiger partial charge in [0.15, 0.2) is 0 Å². The fourth-order valence-corrected chi connectivity index (χ4v) is 6.28. The van der Waals surface area contributed by atoms with Gasteiger partial charge < -0.3 is 35.9 Å². The SMILES string of the molecule is COC(=O)NC1Cc2ccccc2N(C(=O)CC(C)(C)CC(N)C(O)CNC(=O)C(C)(C)C2CCC(O[N+](=O)[O-])CC2)C1. The van der Waals surface area contributed by atoms with E-state index in [2.05, 4.69) is 15.5 Å². The van der Waals surface area contributed by atoms with Crippen LogP contribution in [0.15, 0.2) is 24.3 Å². The summed E-state index contributed by atoms with van der Waals surface area (Å²) >= 11 is 0. The number of aliphatic hydroxyl groups excluding tert-OH is 1. The zero-order valence-corrected chi connectivity index (χ0v) is 25.8. The second kappa shape index (κ2) is 14.3. The van der Waals surface area contributed by atoms with Crippen molar-refractivity contribution in [3.05, 3.63) is 39.9 Å². The quantitative estimate of drug-likeness (QED) is 0.205. The Labute approximate surface area is 252 Å². The number of hydrogen-bond acceptors (Lipinski definition) is 9. The van der Waals surface area contributed by atoms with Gasteiger partial charge in [0, 0.05) is 36.7 Å². The third-order valence-electron chi connectivity index (χ3n) is 8.86. The van der Waals surface area contributed by atoms with Crippen molar-refractivity contribution in [2.45, 2.75) is 96.9 Å². The predicted octanol–water partition coefficient (Wildman–Crippen LogP) is 2.70. The minimum atomic E-state index is -1.03. The number of para-hydroxylation sites is 1. The van der Waals surface area contributed by atoms with Crippen LogP contribution in [-0.4, -0.2) is 72.6 Å². The average Bonchev–Trinajstić information content (AvgIpc) is 2.94. The van der Waals surface area contributed by atoms with Crippen LogP contribution in [0.25, 0.3) is 0 Å². The number of benzene rings is 1. The first-order valence-electron chi connectivity index (χ1n) is 14.9. The highest BCUT2D eigenvalue weighted by atomic mass is 17.0. The molecule has 0 radical (unpaired) electrons. The molecule has 240 valence electrons. The first kappa shape index (κ1) is 34.0. The third kappa shape index (κ3) is 9.27. The Balaban J connectivity index is 1.53. The van der Waals surface area contributed by atoms with Crippen molar-refractivity contribution < 1.29 is 34.2 Å². The van der Waals surface area contributed by atoms with E-state index in [4.69, 9.17) is 10.5 Å². The van der Waals surface area contributed by atoms with Crippen molar-refractivity contribution in [3.8, 4) is 0 Å². The second-order valence-electron chi connectivity index (χ2n) is 13.2. The van der Waals surface area contributed by atoms with Gasteiger partial charge in [-0.05, 0) is 61.5 Å². The van der Waals surface area contributed by atoms with E-state index >= 15 is 0 Å². The summed E-state index contributed by atoms with van der Waals surface area (Å²) in [5.74, 6) is -0.313. The molecule has 0 bridgehead atoms. The summed E-state index contributed by atoms with van der Waals surface area (Å²) < 4.78 is 4.74. The molecule has 1 aromatic carbocycles. The first-order valence-corrected chi connectivity index (χ1v) is 14.9. The van der Waals surface area contributed by atoms with Crippen molar-refractivity contribution in [1.82, 2.24) is 10.6 Å².